The number of carbonyl (C=O) groups is 1. The molecule has 160 valence electrons. The number of amides is 1. The highest BCUT2D eigenvalue weighted by molar-refractivity contribution is 5.80. The van der Waals surface area contributed by atoms with Crippen molar-refractivity contribution in [2.24, 2.45) is 5.92 Å². The SMILES string of the molecule is O=C(NCCc1ccc2c(c1)OCCO2)C1CCN(c2ncccc2C(F)(F)F)C1. The zero-order valence-electron chi connectivity index (χ0n) is 16.2. The van der Waals surface area contributed by atoms with Gasteiger partial charge in [0.1, 0.15) is 19.0 Å². The van der Waals surface area contributed by atoms with Crippen molar-refractivity contribution in [3.63, 3.8) is 0 Å². The molecule has 1 aromatic carbocycles. The van der Waals surface area contributed by atoms with Gasteiger partial charge in [-0.2, -0.15) is 13.2 Å². The minimum absolute atomic E-state index is 0.114. The summed E-state index contributed by atoms with van der Waals surface area (Å²) in [5.41, 5.74) is 0.237. The first kappa shape index (κ1) is 20.3. The fraction of sp³-hybridized carbons (Fsp3) is 0.429. The van der Waals surface area contributed by atoms with Crippen LogP contribution in [0, 0.1) is 5.92 Å². The lowest BCUT2D eigenvalue weighted by Gasteiger charge is -2.21. The largest absolute Gasteiger partial charge is 0.486 e. The van der Waals surface area contributed by atoms with Gasteiger partial charge in [-0.1, -0.05) is 6.07 Å². The molecule has 1 atom stereocenters. The van der Waals surface area contributed by atoms with Gasteiger partial charge in [-0.15, -0.1) is 0 Å². The standard InChI is InChI=1S/C21H22F3N3O3/c22-21(23,24)16-2-1-7-25-19(16)27-9-6-15(13-27)20(28)26-8-5-14-3-4-17-18(12-14)30-11-10-29-17/h1-4,7,12,15H,5-6,8-11,13H2,(H,26,28). The molecule has 1 fully saturated rings. The van der Waals surface area contributed by atoms with E-state index in [1.165, 1.54) is 17.2 Å². The van der Waals surface area contributed by atoms with E-state index in [0.717, 1.165) is 11.6 Å². The Bertz CT molecular complexity index is 920. The van der Waals surface area contributed by atoms with Crippen molar-refractivity contribution in [1.82, 2.24) is 10.3 Å². The summed E-state index contributed by atoms with van der Waals surface area (Å²) in [6, 6.07) is 7.97. The van der Waals surface area contributed by atoms with Crippen molar-refractivity contribution in [3.8, 4) is 11.5 Å². The molecule has 0 aliphatic carbocycles. The number of hydrogen-bond acceptors (Lipinski definition) is 5. The van der Waals surface area contributed by atoms with Crippen LogP contribution in [0.15, 0.2) is 36.5 Å². The Labute approximate surface area is 172 Å². The summed E-state index contributed by atoms with van der Waals surface area (Å²) < 4.78 is 50.7. The van der Waals surface area contributed by atoms with Crippen LogP contribution >= 0.6 is 0 Å². The molecule has 0 saturated carbocycles. The second-order valence-electron chi connectivity index (χ2n) is 7.32. The van der Waals surface area contributed by atoms with Crippen molar-refractivity contribution >= 4 is 11.7 Å². The number of hydrogen-bond donors (Lipinski definition) is 1. The van der Waals surface area contributed by atoms with Gasteiger partial charge in [0.2, 0.25) is 5.91 Å². The van der Waals surface area contributed by atoms with E-state index in [4.69, 9.17) is 9.47 Å². The van der Waals surface area contributed by atoms with Crippen LogP contribution in [-0.4, -0.2) is 43.7 Å². The highest BCUT2D eigenvalue weighted by Gasteiger charge is 2.38. The van der Waals surface area contributed by atoms with E-state index >= 15 is 0 Å². The summed E-state index contributed by atoms with van der Waals surface area (Å²) in [6.45, 7) is 2.06. The van der Waals surface area contributed by atoms with Crippen LogP contribution in [0.25, 0.3) is 0 Å². The van der Waals surface area contributed by atoms with Gasteiger partial charge in [0.25, 0.3) is 0 Å². The van der Waals surface area contributed by atoms with Crippen LogP contribution in [0.5, 0.6) is 11.5 Å². The maximum atomic E-state index is 13.2. The predicted octanol–water partition coefficient (Wildman–Crippen LogP) is 3.06. The van der Waals surface area contributed by atoms with E-state index in [-0.39, 0.29) is 24.2 Å². The average molecular weight is 421 g/mol. The van der Waals surface area contributed by atoms with Gasteiger partial charge >= 0.3 is 6.18 Å². The molecule has 1 saturated heterocycles. The molecule has 9 heteroatoms. The molecule has 30 heavy (non-hydrogen) atoms. The quantitative estimate of drug-likeness (QED) is 0.804. The third-order valence-corrected chi connectivity index (χ3v) is 5.27. The van der Waals surface area contributed by atoms with E-state index in [9.17, 15) is 18.0 Å². The Morgan fingerprint density at radius 2 is 2.00 bits per heavy atom. The van der Waals surface area contributed by atoms with Gasteiger partial charge in [-0.3, -0.25) is 4.79 Å². The highest BCUT2D eigenvalue weighted by Crippen LogP contribution is 2.37. The van der Waals surface area contributed by atoms with E-state index < -0.39 is 11.7 Å². The number of benzene rings is 1. The molecule has 2 aliphatic heterocycles. The number of halogens is 3. The van der Waals surface area contributed by atoms with Gasteiger partial charge in [0.05, 0.1) is 11.5 Å². The molecule has 2 aromatic rings. The number of ether oxygens (including phenoxy) is 2. The van der Waals surface area contributed by atoms with Crippen LogP contribution < -0.4 is 19.7 Å². The zero-order chi connectivity index (χ0) is 21.1. The lowest BCUT2D eigenvalue weighted by Crippen LogP contribution is -2.34. The average Bonchev–Trinajstić information content (AvgIpc) is 3.23. The molecule has 2 aliphatic rings. The fourth-order valence-corrected chi connectivity index (χ4v) is 3.75. The van der Waals surface area contributed by atoms with Crippen LogP contribution in [0.2, 0.25) is 0 Å². The van der Waals surface area contributed by atoms with Gasteiger partial charge < -0.3 is 19.7 Å². The number of pyridine rings is 1. The van der Waals surface area contributed by atoms with Crippen molar-refractivity contribution in [1.29, 1.82) is 0 Å². The summed E-state index contributed by atoms with van der Waals surface area (Å²) in [6.07, 6.45) is -2.03. The maximum Gasteiger partial charge on any atom is 0.419 e. The number of rotatable bonds is 5. The Hall–Kier alpha value is -2.97. The maximum absolute atomic E-state index is 13.2. The number of fused-ring (bicyclic) bond motifs is 1. The van der Waals surface area contributed by atoms with Gasteiger partial charge in [-0.25, -0.2) is 4.98 Å². The Kier molecular flexibility index (Phi) is 5.69. The summed E-state index contributed by atoms with van der Waals surface area (Å²) in [4.78, 5) is 17.9. The Morgan fingerprint density at radius 1 is 1.20 bits per heavy atom. The number of nitrogens with one attached hydrogen (secondary N) is 1. The van der Waals surface area contributed by atoms with E-state index in [1.807, 2.05) is 18.2 Å². The van der Waals surface area contributed by atoms with Gasteiger partial charge in [0, 0.05) is 25.8 Å². The number of nitrogens with zero attached hydrogens (tertiary/aromatic N) is 2. The van der Waals surface area contributed by atoms with Crippen LogP contribution in [0.4, 0.5) is 19.0 Å². The van der Waals surface area contributed by atoms with Crippen molar-refractivity contribution in [2.45, 2.75) is 19.0 Å². The molecule has 3 heterocycles. The molecule has 1 amide bonds. The van der Waals surface area contributed by atoms with Crippen LogP contribution in [0.3, 0.4) is 0 Å². The van der Waals surface area contributed by atoms with Crippen molar-refractivity contribution < 1.29 is 27.4 Å². The number of aromatic nitrogens is 1. The number of anilines is 1. The third-order valence-electron chi connectivity index (χ3n) is 5.27. The molecule has 0 spiro atoms. The zero-order valence-corrected chi connectivity index (χ0v) is 16.2. The molecule has 1 unspecified atom stereocenters. The van der Waals surface area contributed by atoms with Crippen molar-refractivity contribution in [2.75, 3.05) is 37.7 Å². The molecule has 0 bridgehead atoms. The monoisotopic (exact) mass is 421 g/mol. The smallest absolute Gasteiger partial charge is 0.419 e. The Balaban J connectivity index is 1.31. The van der Waals surface area contributed by atoms with Crippen LogP contribution in [0.1, 0.15) is 17.5 Å². The van der Waals surface area contributed by atoms with E-state index in [2.05, 4.69) is 10.3 Å². The van der Waals surface area contributed by atoms with E-state index in [0.29, 0.717) is 50.6 Å². The highest BCUT2D eigenvalue weighted by atomic mass is 19.4. The third kappa shape index (κ3) is 4.44. The second-order valence-corrected chi connectivity index (χ2v) is 7.32. The normalized spacial score (nSPS) is 18.4. The first-order valence-corrected chi connectivity index (χ1v) is 9.85. The molecule has 1 N–H and O–H groups in total. The van der Waals surface area contributed by atoms with E-state index in [1.54, 1.807) is 0 Å². The summed E-state index contributed by atoms with van der Waals surface area (Å²) in [7, 11) is 0. The Morgan fingerprint density at radius 3 is 2.80 bits per heavy atom. The fourth-order valence-electron chi connectivity index (χ4n) is 3.75. The molecule has 0 radical (unpaired) electrons. The van der Waals surface area contributed by atoms with Crippen molar-refractivity contribution in [3.05, 3.63) is 47.7 Å². The van der Waals surface area contributed by atoms with Gasteiger partial charge in [0.15, 0.2) is 11.5 Å². The second kappa shape index (κ2) is 8.41. The lowest BCUT2D eigenvalue weighted by molar-refractivity contribution is -0.137. The molecule has 6 nitrogen and oxygen atoms in total. The molecule has 1 aromatic heterocycles. The first-order valence-electron chi connectivity index (χ1n) is 9.85. The molecular formula is C21H22F3N3O3. The number of carbonyl (C=O) groups excluding carboxylic acids is 1. The first-order chi connectivity index (χ1) is 14.4. The number of alkyl halides is 3. The minimum Gasteiger partial charge on any atom is -0.486 e. The van der Waals surface area contributed by atoms with Crippen LogP contribution in [-0.2, 0) is 17.4 Å². The molecule has 4 rings (SSSR count). The summed E-state index contributed by atoms with van der Waals surface area (Å²) in [5, 5.41) is 2.89. The predicted molar refractivity (Wildman–Crippen MR) is 104 cm³/mol. The lowest BCUT2D eigenvalue weighted by atomic mass is 10.1. The molecular weight excluding hydrogens is 399 g/mol. The topological polar surface area (TPSA) is 63.7 Å². The summed E-state index contributed by atoms with van der Waals surface area (Å²) >= 11 is 0. The minimum atomic E-state index is -4.48. The van der Waals surface area contributed by atoms with Gasteiger partial charge in [-0.05, 0) is 42.7 Å². The summed E-state index contributed by atoms with van der Waals surface area (Å²) in [5.74, 6) is 0.782.